The van der Waals surface area contributed by atoms with E-state index >= 15 is 0 Å². The molecule has 8 heteroatoms. The van der Waals surface area contributed by atoms with Crippen LogP contribution in [-0.2, 0) is 9.47 Å². The van der Waals surface area contributed by atoms with Crippen molar-refractivity contribution in [3.8, 4) is 22.3 Å². The van der Waals surface area contributed by atoms with Crippen LogP contribution in [0.2, 0.25) is 0 Å². The van der Waals surface area contributed by atoms with E-state index in [1.165, 1.54) is 17.8 Å². The molecule has 1 atom stereocenters. The van der Waals surface area contributed by atoms with Gasteiger partial charge in [-0.3, -0.25) is 0 Å². The number of nitrogens with two attached hydrogens (primary N) is 1. The average Bonchev–Trinajstić information content (AvgIpc) is 3.28. The molecule has 0 saturated carbocycles. The van der Waals surface area contributed by atoms with Crippen molar-refractivity contribution >= 4 is 11.9 Å². The van der Waals surface area contributed by atoms with Crippen LogP contribution in [-0.4, -0.2) is 46.3 Å². The Morgan fingerprint density at radius 2 is 1.89 bits per heavy atom. The molecule has 7 nitrogen and oxygen atoms in total. The highest BCUT2D eigenvalue weighted by atomic mass is 19.1. The molecule has 0 unspecified atom stereocenters. The number of hydrogen-bond acceptors (Lipinski definition) is 6. The number of ether oxygens (including phenoxy) is 2. The Balaban J connectivity index is 1.54. The van der Waals surface area contributed by atoms with Crippen LogP contribution >= 0.6 is 0 Å². The van der Waals surface area contributed by atoms with Gasteiger partial charge in [0.15, 0.2) is 0 Å². The van der Waals surface area contributed by atoms with E-state index in [0.717, 1.165) is 29.5 Å². The minimum atomic E-state index is -0.574. The molecule has 0 aliphatic carbocycles. The van der Waals surface area contributed by atoms with Crippen molar-refractivity contribution in [3.63, 3.8) is 0 Å². The predicted octanol–water partition coefficient (Wildman–Crippen LogP) is 5.72. The second-order valence-corrected chi connectivity index (χ2v) is 10.4. The molecule has 0 radical (unpaired) electrons. The molecule has 188 valence electrons. The van der Waals surface area contributed by atoms with Crippen LogP contribution in [0.25, 0.3) is 22.3 Å². The van der Waals surface area contributed by atoms with Crippen molar-refractivity contribution in [1.29, 1.82) is 0 Å². The summed E-state index contributed by atoms with van der Waals surface area (Å²) < 4.78 is 25.0. The monoisotopic (exact) mass is 490 g/mol. The molecule has 2 fully saturated rings. The Morgan fingerprint density at radius 1 is 1.08 bits per heavy atom. The van der Waals surface area contributed by atoms with Gasteiger partial charge >= 0.3 is 6.09 Å². The molecule has 2 aliphatic rings. The standard InChI is InChI=1S/C28H31FN4O3/c1-28(2,3)36-27(34)33-10-4-5-24(33)23-11-17(6-7-21(23)20-15-35-16-20)19-12-22(26(30)32-14-19)18-8-9-31-25(29)13-18/h6-9,11-14,20,24H,4-5,10,15-16H2,1-3H3,(H2,30,32)/t24-/m0/s1. The first-order chi connectivity index (χ1) is 17.2. The number of nitrogens with zero attached hydrogens (tertiary/aromatic N) is 3. The molecule has 4 heterocycles. The highest BCUT2D eigenvalue weighted by Gasteiger charge is 2.36. The van der Waals surface area contributed by atoms with E-state index in [1.807, 2.05) is 31.7 Å². The van der Waals surface area contributed by atoms with Crippen LogP contribution in [0.1, 0.15) is 56.7 Å². The molecular formula is C28H31FN4O3. The summed E-state index contributed by atoms with van der Waals surface area (Å²) in [6.45, 7) is 7.65. The Bertz CT molecular complexity index is 1290. The summed E-state index contributed by atoms with van der Waals surface area (Å²) >= 11 is 0. The lowest BCUT2D eigenvalue weighted by atomic mass is 9.86. The molecule has 5 rings (SSSR count). The lowest BCUT2D eigenvalue weighted by Crippen LogP contribution is -2.37. The average molecular weight is 491 g/mol. The molecule has 0 bridgehead atoms. The first-order valence-electron chi connectivity index (χ1n) is 12.3. The number of hydrogen-bond donors (Lipinski definition) is 1. The zero-order valence-electron chi connectivity index (χ0n) is 20.8. The smallest absolute Gasteiger partial charge is 0.410 e. The molecular weight excluding hydrogens is 459 g/mol. The fraction of sp³-hybridized carbons (Fsp3) is 0.393. The summed E-state index contributed by atoms with van der Waals surface area (Å²) in [6.07, 6.45) is 4.63. The van der Waals surface area contributed by atoms with Crippen molar-refractivity contribution in [2.45, 2.75) is 51.2 Å². The number of nitrogen functional groups attached to an aromatic ring is 1. The normalized spacial score (nSPS) is 18.2. The summed E-state index contributed by atoms with van der Waals surface area (Å²) in [4.78, 5) is 22.9. The fourth-order valence-corrected chi connectivity index (χ4v) is 4.89. The van der Waals surface area contributed by atoms with Gasteiger partial charge in [0.25, 0.3) is 0 Å². The molecule has 0 spiro atoms. The first kappa shape index (κ1) is 24.2. The number of carbonyl (C=O) groups excluding carboxylic acids is 1. The lowest BCUT2D eigenvalue weighted by molar-refractivity contribution is 0.00692. The van der Waals surface area contributed by atoms with Gasteiger partial charge in [0, 0.05) is 42.0 Å². The zero-order chi connectivity index (χ0) is 25.4. The minimum Gasteiger partial charge on any atom is -0.444 e. The van der Waals surface area contributed by atoms with Crippen LogP contribution in [0.4, 0.5) is 15.0 Å². The van der Waals surface area contributed by atoms with Gasteiger partial charge in [0.05, 0.1) is 19.3 Å². The van der Waals surface area contributed by atoms with Crippen LogP contribution in [0.5, 0.6) is 0 Å². The van der Waals surface area contributed by atoms with Gasteiger partial charge in [-0.25, -0.2) is 14.8 Å². The third kappa shape index (κ3) is 4.91. The van der Waals surface area contributed by atoms with Crippen LogP contribution in [0.15, 0.2) is 48.8 Å². The van der Waals surface area contributed by atoms with Crippen molar-refractivity contribution < 1.29 is 18.7 Å². The van der Waals surface area contributed by atoms with Gasteiger partial charge < -0.3 is 20.1 Å². The Hall–Kier alpha value is -3.52. The topological polar surface area (TPSA) is 90.6 Å². The van der Waals surface area contributed by atoms with E-state index in [9.17, 15) is 9.18 Å². The molecule has 1 amide bonds. The number of halogens is 1. The van der Waals surface area contributed by atoms with Crippen molar-refractivity contribution in [3.05, 3.63) is 65.9 Å². The van der Waals surface area contributed by atoms with E-state index in [0.29, 0.717) is 42.6 Å². The number of amides is 1. The second kappa shape index (κ2) is 9.50. The first-order valence-corrected chi connectivity index (χ1v) is 12.3. The van der Waals surface area contributed by atoms with Gasteiger partial charge in [-0.1, -0.05) is 12.1 Å². The van der Waals surface area contributed by atoms with E-state index in [1.54, 1.807) is 12.3 Å². The van der Waals surface area contributed by atoms with Crippen LogP contribution in [0, 0.1) is 5.95 Å². The summed E-state index contributed by atoms with van der Waals surface area (Å²) in [5, 5.41) is 0. The van der Waals surface area contributed by atoms with Gasteiger partial charge in [-0.2, -0.15) is 4.39 Å². The number of benzene rings is 1. The number of aromatic nitrogens is 2. The van der Waals surface area contributed by atoms with E-state index in [-0.39, 0.29) is 12.1 Å². The Labute approximate surface area is 210 Å². The number of carbonyl (C=O) groups is 1. The van der Waals surface area contributed by atoms with Crippen molar-refractivity contribution in [2.24, 2.45) is 0 Å². The van der Waals surface area contributed by atoms with E-state index in [2.05, 4.69) is 28.2 Å². The van der Waals surface area contributed by atoms with E-state index in [4.69, 9.17) is 15.2 Å². The predicted molar refractivity (Wildman–Crippen MR) is 136 cm³/mol. The van der Waals surface area contributed by atoms with Gasteiger partial charge in [-0.05, 0) is 74.1 Å². The molecule has 2 aromatic heterocycles. The summed E-state index contributed by atoms with van der Waals surface area (Å²) in [7, 11) is 0. The summed E-state index contributed by atoms with van der Waals surface area (Å²) in [5.74, 6) is 0.0462. The van der Waals surface area contributed by atoms with Gasteiger partial charge in [-0.15, -0.1) is 0 Å². The summed E-state index contributed by atoms with van der Waals surface area (Å²) in [6, 6.07) is 11.2. The van der Waals surface area contributed by atoms with Crippen molar-refractivity contribution in [2.75, 3.05) is 25.5 Å². The molecule has 2 saturated heterocycles. The minimum absolute atomic E-state index is 0.0779. The summed E-state index contributed by atoms with van der Waals surface area (Å²) in [5.41, 5.74) is 11.0. The maximum absolute atomic E-state index is 13.8. The third-order valence-corrected chi connectivity index (χ3v) is 6.69. The zero-order valence-corrected chi connectivity index (χ0v) is 20.8. The Morgan fingerprint density at radius 3 is 2.58 bits per heavy atom. The van der Waals surface area contributed by atoms with E-state index < -0.39 is 11.5 Å². The molecule has 2 aliphatic heterocycles. The second-order valence-electron chi connectivity index (χ2n) is 10.4. The molecule has 36 heavy (non-hydrogen) atoms. The number of anilines is 1. The van der Waals surface area contributed by atoms with Crippen LogP contribution in [0.3, 0.4) is 0 Å². The molecule has 1 aromatic carbocycles. The molecule has 3 aromatic rings. The number of rotatable bonds is 4. The number of pyridine rings is 2. The SMILES string of the molecule is CC(C)(C)OC(=O)N1CCC[C@H]1c1cc(-c2cnc(N)c(-c3ccnc(F)c3)c2)ccc1C1COC1. The fourth-order valence-electron chi connectivity index (χ4n) is 4.89. The Kier molecular flexibility index (Phi) is 6.38. The van der Waals surface area contributed by atoms with Gasteiger partial charge in [0.1, 0.15) is 11.4 Å². The lowest BCUT2D eigenvalue weighted by Gasteiger charge is -2.33. The largest absolute Gasteiger partial charge is 0.444 e. The number of likely N-dealkylation sites (tertiary alicyclic amines) is 1. The quantitative estimate of drug-likeness (QED) is 0.471. The van der Waals surface area contributed by atoms with Crippen LogP contribution < -0.4 is 5.73 Å². The maximum Gasteiger partial charge on any atom is 0.410 e. The highest BCUT2D eigenvalue weighted by molar-refractivity contribution is 5.79. The highest BCUT2D eigenvalue weighted by Crippen LogP contribution is 2.41. The van der Waals surface area contributed by atoms with Gasteiger partial charge in [0.2, 0.25) is 5.95 Å². The maximum atomic E-state index is 13.8. The van der Waals surface area contributed by atoms with Crippen molar-refractivity contribution in [1.82, 2.24) is 14.9 Å². The molecule has 2 N–H and O–H groups in total. The third-order valence-electron chi connectivity index (χ3n) is 6.69.